The second-order valence-corrected chi connectivity index (χ2v) is 6.10. The minimum Gasteiger partial charge on any atom is -0.444 e. The predicted molar refractivity (Wildman–Crippen MR) is 70.5 cm³/mol. The molecule has 0 unspecified atom stereocenters. The van der Waals surface area contributed by atoms with Gasteiger partial charge in [0.2, 0.25) is 0 Å². The number of amides is 1. The monoisotopic (exact) mass is 255 g/mol. The average Bonchev–Trinajstić information content (AvgIpc) is 2.13. The van der Waals surface area contributed by atoms with Crippen LogP contribution in [0.3, 0.4) is 0 Å². The Hall–Kier alpha value is -1.06. The molecule has 0 saturated heterocycles. The van der Waals surface area contributed by atoms with Crippen LogP contribution in [0, 0.1) is 0 Å². The number of hydrogen-bond acceptors (Lipinski definition) is 3. The number of rotatable bonds is 4. The summed E-state index contributed by atoms with van der Waals surface area (Å²) in [6.07, 6.45) is 3.49. The maximum Gasteiger partial charge on any atom is 0.410 e. The standard InChI is InChI=1S/C14H25NO3/c1-6-8-11(16)14(9-7-10-14)15(5)12(17)18-13(2,3)4/h6-10H2,1-5H3. The highest BCUT2D eigenvalue weighted by Gasteiger charge is 2.49. The highest BCUT2D eigenvalue weighted by atomic mass is 16.6. The zero-order valence-electron chi connectivity index (χ0n) is 12.2. The van der Waals surface area contributed by atoms with Crippen molar-refractivity contribution in [1.29, 1.82) is 0 Å². The van der Waals surface area contributed by atoms with Gasteiger partial charge in [0, 0.05) is 13.5 Å². The van der Waals surface area contributed by atoms with Gasteiger partial charge in [-0.25, -0.2) is 4.79 Å². The van der Waals surface area contributed by atoms with E-state index in [4.69, 9.17) is 4.74 Å². The van der Waals surface area contributed by atoms with Gasteiger partial charge in [0.15, 0.2) is 5.78 Å². The molecule has 4 heteroatoms. The highest BCUT2D eigenvalue weighted by molar-refractivity contribution is 5.92. The van der Waals surface area contributed by atoms with Crippen LogP contribution < -0.4 is 0 Å². The van der Waals surface area contributed by atoms with E-state index in [2.05, 4.69) is 0 Å². The van der Waals surface area contributed by atoms with Crippen LogP contribution in [0.1, 0.15) is 59.8 Å². The van der Waals surface area contributed by atoms with Gasteiger partial charge in [-0.3, -0.25) is 9.69 Å². The third kappa shape index (κ3) is 3.03. The summed E-state index contributed by atoms with van der Waals surface area (Å²) < 4.78 is 5.34. The summed E-state index contributed by atoms with van der Waals surface area (Å²) in [5.74, 6) is 0.171. The molecule has 104 valence electrons. The maximum atomic E-state index is 12.2. The van der Waals surface area contributed by atoms with Crippen molar-refractivity contribution < 1.29 is 14.3 Å². The molecule has 1 fully saturated rings. The van der Waals surface area contributed by atoms with Crippen LogP contribution in [0.4, 0.5) is 4.79 Å². The van der Waals surface area contributed by atoms with Crippen molar-refractivity contribution in [2.45, 2.75) is 70.9 Å². The molecule has 0 atom stereocenters. The van der Waals surface area contributed by atoms with Gasteiger partial charge in [-0.1, -0.05) is 6.92 Å². The molecule has 0 aromatic carbocycles. The Bertz CT molecular complexity index is 326. The first-order valence-corrected chi connectivity index (χ1v) is 6.73. The lowest BCUT2D eigenvalue weighted by Crippen LogP contribution is -2.60. The Morgan fingerprint density at radius 3 is 2.17 bits per heavy atom. The molecule has 0 aromatic heterocycles. The lowest BCUT2D eigenvalue weighted by Gasteiger charge is -2.47. The second-order valence-electron chi connectivity index (χ2n) is 6.10. The minimum atomic E-state index is -0.599. The van der Waals surface area contributed by atoms with Crippen LogP contribution in [-0.4, -0.2) is 35.0 Å². The van der Waals surface area contributed by atoms with Crippen molar-refractivity contribution >= 4 is 11.9 Å². The molecular weight excluding hydrogens is 230 g/mol. The van der Waals surface area contributed by atoms with E-state index < -0.39 is 17.2 Å². The largest absolute Gasteiger partial charge is 0.444 e. The molecule has 4 nitrogen and oxygen atoms in total. The Labute approximate surface area is 110 Å². The smallest absolute Gasteiger partial charge is 0.410 e. The Morgan fingerprint density at radius 1 is 1.28 bits per heavy atom. The molecule has 0 heterocycles. The lowest BCUT2D eigenvalue weighted by atomic mass is 9.71. The third-order valence-corrected chi connectivity index (χ3v) is 3.49. The molecule has 1 rings (SSSR count). The molecule has 1 amide bonds. The molecule has 18 heavy (non-hydrogen) atoms. The topological polar surface area (TPSA) is 46.6 Å². The van der Waals surface area contributed by atoms with Crippen LogP contribution in [0.15, 0.2) is 0 Å². The zero-order chi connectivity index (χ0) is 14.0. The number of Topliss-reactive ketones (excluding diaryl/α,β-unsaturated/α-hetero) is 1. The first kappa shape index (κ1) is 15.0. The maximum absolute atomic E-state index is 12.2. The van der Waals surface area contributed by atoms with Crippen molar-refractivity contribution in [3.63, 3.8) is 0 Å². The number of carbonyl (C=O) groups excluding carboxylic acids is 2. The highest BCUT2D eigenvalue weighted by Crippen LogP contribution is 2.39. The lowest BCUT2D eigenvalue weighted by molar-refractivity contribution is -0.135. The second kappa shape index (κ2) is 5.29. The number of carbonyl (C=O) groups is 2. The molecule has 0 N–H and O–H groups in total. The summed E-state index contributed by atoms with van der Waals surface area (Å²) in [5, 5.41) is 0. The summed E-state index contributed by atoms with van der Waals surface area (Å²) in [6, 6.07) is 0. The molecule has 0 aromatic rings. The first-order chi connectivity index (χ1) is 8.23. The molecule has 1 aliphatic carbocycles. The van der Waals surface area contributed by atoms with E-state index in [1.165, 1.54) is 4.90 Å². The van der Waals surface area contributed by atoms with Crippen LogP contribution >= 0.6 is 0 Å². The first-order valence-electron chi connectivity index (χ1n) is 6.73. The third-order valence-electron chi connectivity index (χ3n) is 3.49. The van der Waals surface area contributed by atoms with Crippen LogP contribution in [0.5, 0.6) is 0 Å². The zero-order valence-corrected chi connectivity index (χ0v) is 12.2. The fourth-order valence-corrected chi connectivity index (χ4v) is 2.28. The molecule has 0 spiro atoms. The number of hydrogen-bond donors (Lipinski definition) is 0. The van der Waals surface area contributed by atoms with E-state index in [0.717, 1.165) is 25.7 Å². The van der Waals surface area contributed by atoms with Crippen LogP contribution in [0.2, 0.25) is 0 Å². The fraction of sp³-hybridized carbons (Fsp3) is 0.857. The summed E-state index contributed by atoms with van der Waals surface area (Å²) >= 11 is 0. The van der Waals surface area contributed by atoms with Gasteiger partial charge in [-0.05, 0) is 46.5 Å². The minimum absolute atomic E-state index is 0.171. The van der Waals surface area contributed by atoms with E-state index in [0.29, 0.717) is 6.42 Å². The summed E-state index contributed by atoms with van der Waals surface area (Å²) in [6.45, 7) is 7.48. The molecular formula is C14H25NO3. The molecule has 1 aliphatic rings. The van der Waals surface area contributed by atoms with Crippen molar-refractivity contribution in [2.75, 3.05) is 7.05 Å². The normalized spacial score (nSPS) is 17.8. The fourth-order valence-electron chi connectivity index (χ4n) is 2.28. The van der Waals surface area contributed by atoms with E-state index in [9.17, 15) is 9.59 Å². The molecule has 0 aliphatic heterocycles. The van der Waals surface area contributed by atoms with Crippen molar-refractivity contribution in [3.05, 3.63) is 0 Å². The van der Waals surface area contributed by atoms with Gasteiger partial charge in [0.05, 0.1) is 0 Å². The summed E-state index contributed by atoms with van der Waals surface area (Å²) in [4.78, 5) is 25.8. The summed E-state index contributed by atoms with van der Waals surface area (Å²) in [5.41, 5.74) is -1.12. The van der Waals surface area contributed by atoms with Gasteiger partial charge in [0.25, 0.3) is 0 Å². The van der Waals surface area contributed by atoms with Crippen molar-refractivity contribution in [2.24, 2.45) is 0 Å². The molecule has 0 radical (unpaired) electrons. The van der Waals surface area contributed by atoms with E-state index >= 15 is 0 Å². The SMILES string of the molecule is CCCC(=O)C1(N(C)C(=O)OC(C)(C)C)CCC1. The predicted octanol–water partition coefficient (Wildman–Crippen LogP) is 3.15. The molecule has 0 bridgehead atoms. The Balaban J connectivity index is 2.76. The van der Waals surface area contributed by atoms with Crippen LogP contribution in [0.25, 0.3) is 0 Å². The van der Waals surface area contributed by atoms with E-state index in [1.54, 1.807) is 7.05 Å². The van der Waals surface area contributed by atoms with Crippen LogP contribution in [-0.2, 0) is 9.53 Å². The van der Waals surface area contributed by atoms with E-state index in [-0.39, 0.29) is 5.78 Å². The van der Waals surface area contributed by atoms with Crippen molar-refractivity contribution in [1.82, 2.24) is 4.90 Å². The Morgan fingerprint density at radius 2 is 1.83 bits per heavy atom. The number of likely N-dealkylation sites (N-methyl/N-ethyl adjacent to an activating group) is 1. The van der Waals surface area contributed by atoms with Crippen molar-refractivity contribution in [3.8, 4) is 0 Å². The Kier molecular flexibility index (Phi) is 4.41. The van der Waals surface area contributed by atoms with Gasteiger partial charge >= 0.3 is 6.09 Å². The quantitative estimate of drug-likeness (QED) is 0.775. The number of ether oxygens (including phenoxy) is 1. The average molecular weight is 255 g/mol. The van der Waals surface area contributed by atoms with E-state index in [1.807, 2.05) is 27.7 Å². The molecule has 1 saturated carbocycles. The van der Waals surface area contributed by atoms with Gasteiger partial charge in [-0.2, -0.15) is 0 Å². The number of nitrogens with zero attached hydrogens (tertiary/aromatic N) is 1. The summed E-state index contributed by atoms with van der Waals surface area (Å²) in [7, 11) is 1.68. The number of ketones is 1. The van der Waals surface area contributed by atoms with Gasteiger partial charge in [-0.15, -0.1) is 0 Å². The van der Waals surface area contributed by atoms with Gasteiger partial charge < -0.3 is 4.74 Å². The van der Waals surface area contributed by atoms with Gasteiger partial charge in [0.1, 0.15) is 11.1 Å².